The number of hydrogen-bond donors (Lipinski definition) is 3. The summed E-state index contributed by atoms with van der Waals surface area (Å²) >= 11 is 6.19. The molecule has 3 heterocycles. The molecule has 4 rings (SSSR count). The van der Waals surface area contributed by atoms with Crippen molar-refractivity contribution >= 4 is 28.9 Å². The second kappa shape index (κ2) is 11.0. The molecule has 12 heteroatoms. The average molecular weight is 507 g/mol. The fourth-order valence-corrected chi connectivity index (χ4v) is 4.36. The van der Waals surface area contributed by atoms with E-state index in [0.717, 1.165) is 0 Å². The van der Waals surface area contributed by atoms with Crippen molar-refractivity contribution in [2.45, 2.75) is 19.4 Å². The Hall–Kier alpha value is -3.31. The fourth-order valence-electron chi connectivity index (χ4n) is 4.15. The van der Waals surface area contributed by atoms with Gasteiger partial charge in [-0.25, -0.2) is 13.9 Å². The van der Waals surface area contributed by atoms with E-state index in [2.05, 4.69) is 15.5 Å². The van der Waals surface area contributed by atoms with Crippen molar-refractivity contribution in [2.75, 3.05) is 44.3 Å². The molecule has 3 N–H and O–H groups in total. The third kappa shape index (κ3) is 5.51. The molecule has 1 amide bonds. The fraction of sp³-hybridized carbons (Fsp3) is 0.391. The van der Waals surface area contributed by atoms with Gasteiger partial charge in [0.2, 0.25) is 0 Å². The molecule has 1 aromatic carbocycles. The van der Waals surface area contributed by atoms with E-state index < -0.39 is 17.9 Å². The maximum Gasteiger partial charge on any atom is 0.285 e. The number of nitrogens with one attached hydrogen (secondary N) is 3. The van der Waals surface area contributed by atoms with Crippen LogP contribution in [-0.2, 0) is 16.1 Å². The molecule has 0 aliphatic carbocycles. The molecule has 186 valence electrons. The predicted molar refractivity (Wildman–Crippen MR) is 127 cm³/mol. The third-order valence-corrected chi connectivity index (χ3v) is 6.42. The average Bonchev–Trinajstić information content (AvgIpc) is 2.88. The maximum absolute atomic E-state index is 13.4. The number of morpholine rings is 1. The number of ether oxygens (including phenoxy) is 1. The number of H-pyrrole nitrogens is 1. The van der Waals surface area contributed by atoms with Gasteiger partial charge in [0, 0.05) is 56.0 Å². The summed E-state index contributed by atoms with van der Waals surface area (Å²) in [5, 5.41) is 17.9. The van der Waals surface area contributed by atoms with Gasteiger partial charge >= 0.3 is 0 Å². The lowest BCUT2D eigenvalue weighted by Crippen LogP contribution is -2.47. The van der Waals surface area contributed by atoms with Crippen LogP contribution in [0.4, 0.5) is 14.5 Å². The van der Waals surface area contributed by atoms with Gasteiger partial charge in [0.15, 0.2) is 0 Å². The smallest absolute Gasteiger partial charge is 0.285 e. The minimum Gasteiger partial charge on any atom is -0.384 e. The molecule has 0 saturated carbocycles. The van der Waals surface area contributed by atoms with E-state index in [1.807, 2.05) is 0 Å². The Balaban J connectivity index is 1.63. The SMILES string of the molecule is N=C(C(=O)N1CCOCC1)C1=C(NCc2ccccc2C(F)F)CCN(c2cn[nH]c(=O)c2Cl)C1. The second-order valence-electron chi connectivity index (χ2n) is 8.16. The minimum atomic E-state index is -2.62. The van der Waals surface area contributed by atoms with E-state index in [1.54, 1.807) is 28.0 Å². The summed E-state index contributed by atoms with van der Waals surface area (Å²) in [5.74, 6) is -0.437. The van der Waals surface area contributed by atoms with Gasteiger partial charge in [0.05, 0.1) is 25.1 Å². The molecule has 1 fully saturated rings. The number of aromatic nitrogens is 2. The monoisotopic (exact) mass is 506 g/mol. The lowest BCUT2D eigenvalue weighted by atomic mass is 9.99. The first kappa shape index (κ1) is 24.8. The van der Waals surface area contributed by atoms with Crippen molar-refractivity contribution in [1.29, 1.82) is 5.41 Å². The van der Waals surface area contributed by atoms with Crippen molar-refractivity contribution in [3.05, 3.63) is 68.2 Å². The van der Waals surface area contributed by atoms with Crippen molar-refractivity contribution < 1.29 is 18.3 Å². The first-order valence-corrected chi connectivity index (χ1v) is 11.5. The zero-order valence-corrected chi connectivity index (χ0v) is 19.6. The molecule has 0 radical (unpaired) electrons. The number of halogens is 3. The van der Waals surface area contributed by atoms with Crippen LogP contribution < -0.4 is 15.8 Å². The van der Waals surface area contributed by atoms with E-state index >= 15 is 0 Å². The van der Waals surface area contributed by atoms with Crippen molar-refractivity contribution in [3.63, 3.8) is 0 Å². The summed E-state index contributed by atoms with van der Waals surface area (Å²) in [6.07, 6.45) is -0.810. The van der Waals surface area contributed by atoms with Gasteiger partial charge in [0.25, 0.3) is 17.9 Å². The van der Waals surface area contributed by atoms with Crippen LogP contribution in [0.2, 0.25) is 5.02 Å². The normalized spacial score (nSPS) is 16.6. The van der Waals surface area contributed by atoms with Crippen LogP contribution in [0.5, 0.6) is 0 Å². The number of amides is 1. The molecule has 2 aliphatic heterocycles. The van der Waals surface area contributed by atoms with Crippen LogP contribution in [-0.4, -0.2) is 66.1 Å². The highest BCUT2D eigenvalue weighted by Crippen LogP contribution is 2.28. The Morgan fingerprint density at radius 2 is 2.00 bits per heavy atom. The molecule has 0 bridgehead atoms. The number of nitrogens with zero attached hydrogens (tertiary/aromatic N) is 3. The molecule has 35 heavy (non-hydrogen) atoms. The number of hydrogen-bond acceptors (Lipinski definition) is 7. The first-order valence-electron chi connectivity index (χ1n) is 11.1. The highest BCUT2D eigenvalue weighted by atomic mass is 35.5. The lowest BCUT2D eigenvalue weighted by molar-refractivity contribution is -0.128. The third-order valence-electron chi connectivity index (χ3n) is 6.06. The zero-order chi connectivity index (χ0) is 24.9. The summed E-state index contributed by atoms with van der Waals surface area (Å²) in [4.78, 5) is 28.4. The molecule has 1 saturated heterocycles. The number of carbonyl (C=O) groups excluding carboxylic acids is 1. The number of rotatable bonds is 7. The Kier molecular flexibility index (Phi) is 7.76. The standard InChI is InChI=1S/C23H25ClF2N6O3/c24-19-18(12-29-30-22(19)33)32-6-5-17(28-11-14-3-1-2-4-15(14)21(25)26)16(13-32)20(27)23(34)31-7-9-35-10-8-31/h1-4,12,21,27-28H,5-11,13H2,(H,30,33). The van der Waals surface area contributed by atoms with Crippen molar-refractivity contribution in [1.82, 2.24) is 20.4 Å². The topological polar surface area (TPSA) is 114 Å². The first-order chi connectivity index (χ1) is 16.9. The summed E-state index contributed by atoms with van der Waals surface area (Å²) in [7, 11) is 0. The quantitative estimate of drug-likeness (QED) is 0.497. The number of benzene rings is 1. The summed E-state index contributed by atoms with van der Waals surface area (Å²) in [6.45, 7) is 2.22. The Bertz CT molecular complexity index is 1200. The largest absolute Gasteiger partial charge is 0.384 e. The highest BCUT2D eigenvalue weighted by molar-refractivity contribution is 6.44. The molecule has 1 aromatic heterocycles. The van der Waals surface area contributed by atoms with Crippen LogP contribution in [0.15, 0.2) is 46.5 Å². The van der Waals surface area contributed by atoms with Crippen molar-refractivity contribution in [2.24, 2.45) is 0 Å². The van der Waals surface area contributed by atoms with Gasteiger partial charge in [-0.1, -0.05) is 35.9 Å². The highest BCUT2D eigenvalue weighted by Gasteiger charge is 2.30. The van der Waals surface area contributed by atoms with Gasteiger partial charge in [-0.2, -0.15) is 5.10 Å². The minimum absolute atomic E-state index is 0.0346. The van der Waals surface area contributed by atoms with E-state index in [1.165, 1.54) is 12.3 Å². The number of alkyl halides is 2. The molecule has 9 nitrogen and oxygen atoms in total. The van der Waals surface area contributed by atoms with Crippen molar-refractivity contribution in [3.8, 4) is 0 Å². The van der Waals surface area contributed by atoms with E-state index in [4.69, 9.17) is 21.7 Å². The van der Waals surface area contributed by atoms with Crippen LogP contribution >= 0.6 is 11.6 Å². The lowest BCUT2D eigenvalue weighted by Gasteiger charge is -2.34. The molecule has 0 atom stereocenters. The van der Waals surface area contributed by atoms with Gasteiger partial charge in [0.1, 0.15) is 10.7 Å². The van der Waals surface area contributed by atoms with Gasteiger partial charge in [-0.05, 0) is 5.56 Å². The summed E-state index contributed by atoms with van der Waals surface area (Å²) in [6, 6.07) is 6.25. The molecule has 2 aromatic rings. The van der Waals surface area contributed by atoms with Crippen LogP contribution in [0.1, 0.15) is 24.0 Å². The number of aromatic amines is 1. The summed E-state index contributed by atoms with van der Waals surface area (Å²) in [5.41, 5.74) is 1.05. The molecular weight excluding hydrogens is 482 g/mol. The summed E-state index contributed by atoms with van der Waals surface area (Å²) < 4.78 is 32.2. The maximum atomic E-state index is 13.4. The molecule has 2 aliphatic rings. The molecule has 0 spiro atoms. The van der Waals surface area contributed by atoms with E-state index in [9.17, 15) is 18.4 Å². The van der Waals surface area contributed by atoms with Crippen LogP contribution in [0, 0.1) is 5.41 Å². The van der Waals surface area contributed by atoms with Crippen LogP contribution in [0.25, 0.3) is 0 Å². The van der Waals surface area contributed by atoms with Gasteiger partial charge in [-0.15, -0.1) is 0 Å². The Morgan fingerprint density at radius 1 is 1.26 bits per heavy atom. The zero-order valence-electron chi connectivity index (χ0n) is 18.8. The van der Waals surface area contributed by atoms with Crippen LogP contribution in [0.3, 0.4) is 0 Å². The van der Waals surface area contributed by atoms with Gasteiger partial charge in [-0.3, -0.25) is 15.0 Å². The number of carbonyl (C=O) groups is 1. The Morgan fingerprint density at radius 3 is 2.74 bits per heavy atom. The Labute approximate surface area is 205 Å². The number of anilines is 1. The predicted octanol–water partition coefficient (Wildman–Crippen LogP) is 2.49. The van der Waals surface area contributed by atoms with E-state index in [-0.39, 0.29) is 29.4 Å². The molecular formula is C23H25ClF2N6O3. The van der Waals surface area contributed by atoms with E-state index in [0.29, 0.717) is 61.8 Å². The molecule has 0 unspecified atom stereocenters. The van der Waals surface area contributed by atoms with Gasteiger partial charge < -0.3 is 19.9 Å². The second-order valence-corrected chi connectivity index (χ2v) is 8.54.